The Balaban J connectivity index is 1.35. The van der Waals surface area contributed by atoms with E-state index in [0.29, 0.717) is 40.3 Å². The molecule has 4 rings (SSSR count). The second kappa shape index (κ2) is 9.69. The molecule has 0 atom stereocenters. The Labute approximate surface area is 186 Å². The van der Waals surface area contributed by atoms with Gasteiger partial charge in [0.1, 0.15) is 0 Å². The summed E-state index contributed by atoms with van der Waals surface area (Å²) in [6, 6.07) is 6.08. The summed E-state index contributed by atoms with van der Waals surface area (Å²) in [7, 11) is 0. The lowest BCUT2D eigenvalue weighted by Gasteiger charge is -2.13. The van der Waals surface area contributed by atoms with Gasteiger partial charge in [-0.1, -0.05) is 0 Å². The first-order chi connectivity index (χ1) is 15.5. The molecule has 9 nitrogen and oxygen atoms in total. The number of carbonyl (C=O) groups excluding carboxylic acids is 3. The number of aromatic nitrogens is 1. The molecule has 3 heterocycles. The fourth-order valence-corrected chi connectivity index (χ4v) is 4.10. The van der Waals surface area contributed by atoms with Gasteiger partial charge in [0.2, 0.25) is 0 Å². The number of nitrogens with zero attached hydrogens (tertiary/aromatic N) is 1. The van der Waals surface area contributed by atoms with Crippen molar-refractivity contribution in [3.05, 3.63) is 47.3 Å². The van der Waals surface area contributed by atoms with E-state index in [0.717, 1.165) is 19.4 Å². The maximum absolute atomic E-state index is 12.4. The zero-order valence-corrected chi connectivity index (χ0v) is 17.9. The van der Waals surface area contributed by atoms with Crippen molar-refractivity contribution in [1.82, 2.24) is 15.2 Å². The van der Waals surface area contributed by atoms with Crippen LogP contribution in [0.1, 0.15) is 47.3 Å². The van der Waals surface area contributed by atoms with Gasteiger partial charge in [-0.3, -0.25) is 9.59 Å². The summed E-state index contributed by atoms with van der Waals surface area (Å²) in [6.45, 7) is 4.12. The number of hydrogen-bond donors (Lipinski definition) is 5. The monoisotopic (exact) mass is 436 g/mol. The van der Waals surface area contributed by atoms with Crippen molar-refractivity contribution in [2.75, 3.05) is 36.8 Å². The van der Waals surface area contributed by atoms with Crippen LogP contribution in [0.3, 0.4) is 0 Å². The maximum Gasteiger partial charge on any atom is 0.316 e. The molecular formula is C23H28N6O3. The number of rotatable bonds is 8. The number of aromatic amines is 1. The van der Waals surface area contributed by atoms with Crippen LogP contribution in [0.2, 0.25) is 0 Å². The molecule has 4 amide bonds. The SMILES string of the molecule is NC(=O)Nc1ccc2c(c1)/C(=C/c1cc(C(=O)NCCCCN3CCCC3)c[nH]1)C(=O)N2. The van der Waals surface area contributed by atoms with Crippen molar-refractivity contribution in [2.24, 2.45) is 5.73 Å². The highest BCUT2D eigenvalue weighted by Crippen LogP contribution is 2.35. The number of urea groups is 1. The Kier molecular flexibility index (Phi) is 6.55. The summed E-state index contributed by atoms with van der Waals surface area (Å²) < 4.78 is 0. The number of hydrogen-bond acceptors (Lipinski definition) is 4. The third kappa shape index (κ3) is 5.17. The van der Waals surface area contributed by atoms with Crippen LogP contribution in [-0.2, 0) is 4.79 Å². The van der Waals surface area contributed by atoms with Gasteiger partial charge in [0.15, 0.2) is 0 Å². The third-order valence-electron chi connectivity index (χ3n) is 5.72. The smallest absolute Gasteiger partial charge is 0.316 e. The zero-order valence-electron chi connectivity index (χ0n) is 17.9. The average molecular weight is 437 g/mol. The van der Waals surface area contributed by atoms with Crippen molar-refractivity contribution < 1.29 is 14.4 Å². The Morgan fingerprint density at radius 3 is 2.75 bits per heavy atom. The van der Waals surface area contributed by atoms with Crippen LogP contribution in [0.15, 0.2) is 30.5 Å². The van der Waals surface area contributed by atoms with Gasteiger partial charge >= 0.3 is 6.03 Å². The van der Waals surface area contributed by atoms with E-state index in [1.54, 1.807) is 36.5 Å². The van der Waals surface area contributed by atoms with Crippen molar-refractivity contribution >= 4 is 40.9 Å². The minimum Gasteiger partial charge on any atom is -0.361 e. The maximum atomic E-state index is 12.4. The fourth-order valence-electron chi connectivity index (χ4n) is 4.10. The molecule has 0 spiro atoms. The number of unbranched alkanes of at least 4 members (excludes halogenated alkanes) is 1. The molecule has 1 aromatic carbocycles. The van der Waals surface area contributed by atoms with Crippen LogP contribution in [0.5, 0.6) is 0 Å². The number of likely N-dealkylation sites (tertiary alicyclic amines) is 1. The largest absolute Gasteiger partial charge is 0.361 e. The van der Waals surface area contributed by atoms with E-state index in [1.807, 2.05) is 0 Å². The van der Waals surface area contributed by atoms with E-state index in [4.69, 9.17) is 5.73 Å². The number of nitrogens with one attached hydrogen (secondary N) is 4. The summed E-state index contributed by atoms with van der Waals surface area (Å²) in [5.41, 5.74) is 8.55. The predicted molar refractivity (Wildman–Crippen MR) is 124 cm³/mol. The normalized spacial score (nSPS) is 16.8. The van der Waals surface area contributed by atoms with Crippen LogP contribution < -0.4 is 21.7 Å². The molecule has 2 aliphatic rings. The Hall–Kier alpha value is -3.59. The topological polar surface area (TPSA) is 132 Å². The van der Waals surface area contributed by atoms with Gasteiger partial charge in [-0.05, 0) is 75.7 Å². The quantitative estimate of drug-likeness (QED) is 0.321. The van der Waals surface area contributed by atoms with Crippen LogP contribution in [0.25, 0.3) is 11.6 Å². The minimum atomic E-state index is -0.677. The van der Waals surface area contributed by atoms with Crippen LogP contribution >= 0.6 is 0 Å². The second-order valence-electron chi connectivity index (χ2n) is 8.12. The summed E-state index contributed by atoms with van der Waals surface area (Å²) in [5.74, 6) is -0.397. The van der Waals surface area contributed by atoms with E-state index in [-0.39, 0.29) is 11.8 Å². The van der Waals surface area contributed by atoms with Gasteiger partial charge in [0, 0.05) is 35.4 Å². The molecule has 0 bridgehead atoms. The number of primary amides is 1. The van der Waals surface area contributed by atoms with Crippen molar-refractivity contribution in [2.45, 2.75) is 25.7 Å². The standard InChI is InChI=1S/C23H28N6O3/c24-23(32)27-16-5-6-20-18(12-16)19(22(31)28-20)13-17-11-15(14-26-17)21(30)25-7-1-2-8-29-9-3-4-10-29/h5-6,11-14,26H,1-4,7-10H2,(H,25,30)(H,28,31)(H3,24,27,32)/b19-13-. The Morgan fingerprint density at radius 2 is 1.97 bits per heavy atom. The molecule has 2 aliphatic heterocycles. The number of carbonyl (C=O) groups is 3. The molecule has 1 fully saturated rings. The van der Waals surface area contributed by atoms with E-state index >= 15 is 0 Å². The molecule has 168 valence electrons. The lowest BCUT2D eigenvalue weighted by atomic mass is 10.1. The average Bonchev–Trinajstić information content (AvgIpc) is 3.49. The van der Waals surface area contributed by atoms with E-state index in [1.165, 1.54) is 25.9 Å². The van der Waals surface area contributed by atoms with Gasteiger partial charge in [0.25, 0.3) is 11.8 Å². The molecule has 0 radical (unpaired) electrons. The van der Waals surface area contributed by atoms with Crippen molar-refractivity contribution in [1.29, 1.82) is 0 Å². The van der Waals surface area contributed by atoms with Gasteiger partial charge in [-0.25, -0.2) is 4.79 Å². The molecular weight excluding hydrogens is 408 g/mol. The van der Waals surface area contributed by atoms with Gasteiger partial charge in [0.05, 0.1) is 11.1 Å². The highest BCUT2D eigenvalue weighted by atomic mass is 16.2. The molecule has 2 aromatic rings. The van der Waals surface area contributed by atoms with E-state index in [9.17, 15) is 14.4 Å². The van der Waals surface area contributed by atoms with E-state index < -0.39 is 6.03 Å². The van der Waals surface area contributed by atoms with Gasteiger partial charge in [-0.2, -0.15) is 0 Å². The molecule has 0 aliphatic carbocycles. The van der Waals surface area contributed by atoms with Crippen LogP contribution in [0.4, 0.5) is 16.2 Å². The molecule has 6 N–H and O–H groups in total. The first-order valence-corrected chi connectivity index (χ1v) is 10.9. The van der Waals surface area contributed by atoms with Crippen molar-refractivity contribution in [3.63, 3.8) is 0 Å². The van der Waals surface area contributed by atoms with Crippen LogP contribution in [-0.4, -0.2) is 53.9 Å². The number of benzene rings is 1. The lowest BCUT2D eigenvalue weighted by molar-refractivity contribution is -0.110. The highest BCUT2D eigenvalue weighted by Gasteiger charge is 2.25. The van der Waals surface area contributed by atoms with Crippen LogP contribution in [0, 0.1) is 0 Å². The number of amides is 4. The lowest BCUT2D eigenvalue weighted by Crippen LogP contribution is -2.25. The van der Waals surface area contributed by atoms with Gasteiger partial charge in [-0.15, -0.1) is 0 Å². The van der Waals surface area contributed by atoms with Crippen molar-refractivity contribution in [3.8, 4) is 0 Å². The summed E-state index contributed by atoms with van der Waals surface area (Å²) in [5, 5.41) is 8.25. The fraction of sp³-hybridized carbons (Fsp3) is 0.348. The number of anilines is 2. The first kappa shape index (κ1) is 21.6. The van der Waals surface area contributed by atoms with Gasteiger partial charge < -0.3 is 31.6 Å². The zero-order chi connectivity index (χ0) is 22.5. The van der Waals surface area contributed by atoms with E-state index in [2.05, 4.69) is 25.8 Å². The second-order valence-corrected chi connectivity index (χ2v) is 8.12. The number of nitrogens with two attached hydrogens (primary N) is 1. The summed E-state index contributed by atoms with van der Waals surface area (Å²) in [6.07, 6.45) is 7.92. The summed E-state index contributed by atoms with van der Waals surface area (Å²) >= 11 is 0. The molecule has 32 heavy (non-hydrogen) atoms. The molecule has 1 aromatic heterocycles. The number of H-pyrrole nitrogens is 1. The first-order valence-electron chi connectivity index (χ1n) is 10.9. The highest BCUT2D eigenvalue weighted by molar-refractivity contribution is 6.35. The predicted octanol–water partition coefficient (Wildman–Crippen LogP) is 2.60. The molecule has 1 saturated heterocycles. The summed E-state index contributed by atoms with van der Waals surface area (Å²) in [4.78, 5) is 41.5. The Bertz CT molecular complexity index is 1050. The molecule has 0 unspecified atom stereocenters. The Morgan fingerprint density at radius 1 is 1.16 bits per heavy atom. The number of fused-ring (bicyclic) bond motifs is 1. The minimum absolute atomic E-state index is 0.142. The molecule has 0 saturated carbocycles. The third-order valence-corrected chi connectivity index (χ3v) is 5.72. The molecule has 9 heteroatoms.